The van der Waals surface area contributed by atoms with Crippen LogP contribution in [0.1, 0.15) is 41.1 Å². The van der Waals surface area contributed by atoms with E-state index in [4.69, 9.17) is 29.1 Å². The van der Waals surface area contributed by atoms with Crippen LogP contribution in [0.2, 0.25) is 0 Å². The summed E-state index contributed by atoms with van der Waals surface area (Å²) >= 11 is 0. The van der Waals surface area contributed by atoms with E-state index in [1.807, 2.05) is 0 Å². The second-order valence-electron chi connectivity index (χ2n) is 11.3. The molecular formula is C50H30O. The molecule has 11 aromatic rings. The van der Waals surface area contributed by atoms with Crippen molar-refractivity contribution in [3.8, 4) is 33.4 Å². The van der Waals surface area contributed by atoms with Crippen molar-refractivity contribution in [1.82, 2.24) is 0 Å². The fourth-order valence-corrected chi connectivity index (χ4v) is 6.25. The minimum Gasteiger partial charge on any atom is -0.455 e. The first-order chi connectivity index (χ1) is 37.8. The molecule has 0 aliphatic rings. The van der Waals surface area contributed by atoms with E-state index in [0.717, 1.165) is 0 Å². The maximum absolute atomic E-state index is 9.85. The Labute approximate surface area is 336 Å². The van der Waals surface area contributed by atoms with Gasteiger partial charge in [0.25, 0.3) is 0 Å². The molecule has 0 unspecified atom stereocenters. The van der Waals surface area contributed by atoms with E-state index in [0.29, 0.717) is 0 Å². The first-order valence-electron chi connectivity index (χ1n) is 30.2. The number of fused-ring (bicyclic) bond motifs is 10. The lowest BCUT2D eigenvalue weighted by Gasteiger charge is -2.18. The fourth-order valence-electron chi connectivity index (χ4n) is 6.25. The van der Waals surface area contributed by atoms with Crippen LogP contribution < -0.4 is 0 Å². The van der Waals surface area contributed by atoms with Crippen LogP contribution in [0, 0.1) is 0 Å². The van der Waals surface area contributed by atoms with Crippen LogP contribution in [0.25, 0.3) is 109 Å². The lowest BCUT2D eigenvalue weighted by atomic mass is 9.85. The number of furan rings is 1. The third kappa shape index (κ3) is 4.28. The van der Waals surface area contributed by atoms with E-state index in [1.165, 1.54) is 0 Å². The topological polar surface area (TPSA) is 13.1 Å². The highest BCUT2D eigenvalue weighted by molar-refractivity contribution is 6.23. The zero-order valence-electron chi connectivity index (χ0n) is 55.4. The van der Waals surface area contributed by atoms with Crippen LogP contribution >= 0.6 is 0 Å². The van der Waals surface area contributed by atoms with Crippen LogP contribution in [-0.4, -0.2) is 0 Å². The Balaban J connectivity index is 1.34. The first-order valence-corrected chi connectivity index (χ1v) is 15.2. The van der Waals surface area contributed by atoms with Gasteiger partial charge in [0.05, 0.1) is 41.1 Å². The largest absolute Gasteiger partial charge is 0.455 e. The molecule has 1 aromatic heterocycles. The summed E-state index contributed by atoms with van der Waals surface area (Å²) < 4.78 is 278. The Morgan fingerprint density at radius 2 is 0.745 bits per heavy atom. The van der Waals surface area contributed by atoms with Gasteiger partial charge in [0, 0.05) is 16.2 Å². The average Bonchev–Trinajstić information content (AvgIpc) is 3.42. The minimum absolute atomic E-state index is 0.428. The summed E-state index contributed by atoms with van der Waals surface area (Å²) in [5.74, 6) is 0. The molecule has 0 bridgehead atoms. The Kier molecular flexibility index (Phi) is 2.50. The Bertz CT molecular complexity index is 4820. The highest BCUT2D eigenvalue weighted by atomic mass is 16.3. The van der Waals surface area contributed by atoms with Gasteiger partial charge in [0.15, 0.2) is 0 Å². The number of rotatable bonds is 3. The normalized spacial score (nSPS) is 20.2. The summed E-state index contributed by atoms with van der Waals surface area (Å²) in [6.45, 7) is 0. The van der Waals surface area contributed by atoms with E-state index in [-0.39, 0.29) is 0 Å². The second kappa shape index (κ2) is 10.9. The third-order valence-electron chi connectivity index (χ3n) is 8.50. The Hall–Kier alpha value is -6.70. The third-order valence-corrected chi connectivity index (χ3v) is 8.50. The molecule has 0 atom stereocenters. The van der Waals surface area contributed by atoms with Gasteiger partial charge in [0.2, 0.25) is 0 Å². The zero-order valence-corrected chi connectivity index (χ0v) is 25.4. The van der Waals surface area contributed by atoms with Gasteiger partial charge >= 0.3 is 0 Å². The molecular weight excluding hydrogens is 617 g/mol. The smallest absolute Gasteiger partial charge is 0.143 e. The second-order valence-corrected chi connectivity index (χ2v) is 11.3. The summed E-state index contributed by atoms with van der Waals surface area (Å²) in [5.41, 5.74) is -6.05. The highest BCUT2D eigenvalue weighted by Crippen LogP contribution is 2.45. The summed E-state index contributed by atoms with van der Waals surface area (Å²) in [7, 11) is 0. The minimum atomic E-state index is -1.14. The van der Waals surface area contributed by atoms with E-state index in [9.17, 15) is 16.4 Å². The average molecular weight is 677 g/mol. The number of hydrogen-bond acceptors (Lipinski definition) is 1. The van der Waals surface area contributed by atoms with Crippen molar-refractivity contribution < 1.29 is 45.5 Å². The van der Waals surface area contributed by atoms with Crippen molar-refractivity contribution in [1.29, 1.82) is 0 Å². The molecule has 11 rings (SSSR count). The molecule has 1 heterocycles. The molecule has 0 aliphatic carbocycles. The lowest BCUT2D eigenvalue weighted by molar-refractivity contribution is 0.672. The molecule has 0 saturated carbocycles. The van der Waals surface area contributed by atoms with Crippen LogP contribution in [-0.2, 0) is 0 Å². The Morgan fingerprint density at radius 1 is 0.294 bits per heavy atom. The lowest BCUT2D eigenvalue weighted by Crippen LogP contribution is -1.91. The molecule has 10 aromatic carbocycles. The van der Waals surface area contributed by atoms with Crippen LogP contribution in [0.5, 0.6) is 0 Å². The number of benzene rings is 10. The molecule has 0 amide bonds. The van der Waals surface area contributed by atoms with Crippen molar-refractivity contribution in [2.75, 3.05) is 0 Å². The van der Waals surface area contributed by atoms with Crippen molar-refractivity contribution in [2.24, 2.45) is 0 Å². The SMILES string of the molecule is [2H]c1c([2H])c(-c2c3c([2H])c([2H])c([2H])c([2H])c3c(-c3c([2H])c([2H])c4oc5c6c([2H])c([2H])c([2H])c([2H])c6c([2H])c([2H])c5c4c3[2H])c3c([2H])c([2H])c([2H])c([2H])c23)c([2H])c([2H])c1-c1c([2H])c([2H])c2c([2H])c([2H])c3c([2H])c([2H])c([2H])c([2H])c3c2c1[2H]. The predicted octanol–water partition coefficient (Wildman–Crippen LogP) is 14.4. The van der Waals surface area contributed by atoms with Gasteiger partial charge in [-0.15, -0.1) is 0 Å². The van der Waals surface area contributed by atoms with Gasteiger partial charge in [-0.1, -0.05) is 157 Å². The van der Waals surface area contributed by atoms with E-state index >= 15 is 0 Å². The molecule has 0 saturated heterocycles. The Morgan fingerprint density at radius 3 is 1.43 bits per heavy atom. The molecule has 0 fully saturated rings. The van der Waals surface area contributed by atoms with Gasteiger partial charge < -0.3 is 4.42 Å². The molecule has 236 valence electrons. The van der Waals surface area contributed by atoms with E-state index in [1.54, 1.807) is 0 Å². The van der Waals surface area contributed by atoms with Gasteiger partial charge in [-0.3, -0.25) is 0 Å². The number of hydrogen-bond donors (Lipinski definition) is 0. The first kappa shape index (κ1) is 11.7. The fraction of sp³-hybridized carbons (Fsp3) is 0. The van der Waals surface area contributed by atoms with Crippen molar-refractivity contribution >= 4 is 75.8 Å². The monoisotopic (exact) mass is 676 g/mol. The van der Waals surface area contributed by atoms with Gasteiger partial charge in [-0.2, -0.15) is 0 Å². The van der Waals surface area contributed by atoms with E-state index in [2.05, 4.69) is 0 Å². The predicted molar refractivity (Wildman–Crippen MR) is 218 cm³/mol. The highest BCUT2D eigenvalue weighted by Gasteiger charge is 2.18. The molecule has 0 aliphatic heterocycles. The zero-order chi connectivity index (χ0) is 59.6. The molecule has 1 heteroatoms. The van der Waals surface area contributed by atoms with Gasteiger partial charge in [0.1, 0.15) is 11.2 Å². The molecule has 51 heavy (non-hydrogen) atoms. The molecule has 0 N–H and O–H groups in total. The summed E-state index contributed by atoms with van der Waals surface area (Å²) in [4.78, 5) is 0. The van der Waals surface area contributed by atoms with E-state index < -0.39 is 290 Å². The van der Waals surface area contributed by atoms with Crippen LogP contribution in [0.3, 0.4) is 0 Å². The maximum Gasteiger partial charge on any atom is 0.143 e. The van der Waals surface area contributed by atoms with Crippen LogP contribution in [0.4, 0.5) is 0 Å². The maximum atomic E-state index is 9.85. The quantitative estimate of drug-likeness (QED) is 0.134. The molecule has 0 radical (unpaired) electrons. The summed E-state index contributed by atoms with van der Waals surface area (Å²) in [6.07, 6.45) is 0. The van der Waals surface area contributed by atoms with Gasteiger partial charge in [-0.25, -0.2) is 0 Å². The van der Waals surface area contributed by atoms with Crippen LogP contribution in [0.15, 0.2) is 186 Å². The van der Waals surface area contributed by atoms with Crippen molar-refractivity contribution in [2.45, 2.75) is 0 Å². The van der Waals surface area contributed by atoms with Crippen molar-refractivity contribution in [3.05, 3.63) is 181 Å². The summed E-state index contributed by atoms with van der Waals surface area (Å²) in [5, 5.41) is -7.20. The molecule has 1 nitrogen and oxygen atoms in total. The van der Waals surface area contributed by atoms with Gasteiger partial charge in [-0.05, 0) is 106 Å². The standard InChI is InChI=1S/C50H30O/c1-3-11-38-32(9-1)19-20-34-21-24-36(29-45(34)38)31-17-22-35(23-18-31)48-40-13-5-7-15-42(40)49(43-16-8-6-14-41(43)48)37-26-28-47-46(30-37)44-27-25-33-10-2-4-12-39(33)50(44)51-47/h1-30H/i1D,2D,3D,4D,5D,6D,7D,8D,9D,10D,11D,12D,13D,14D,15D,16D,17D,18D,19D,20D,21D,22D,23D,24D,25D,26D,27D,28D,29D,30D. The summed E-state index contributed by atoms with van der Waals surface area (Å²) in [6, 6.07) is -27.6. The molecule has 0 spiro atoms. The van der Waals surface area contributed by atoms with Crippen molar-refractivity contribution in [3.63, 3.8) is 0 Å².